The van der Waals surface area contributed by atoms with Crippen LogP contribution < -0.4 is 0 Å². The molecule has 0 spiro atoms. The first-order chi connectivity index (χ1) is 5.88. The number of hydrogen-bond donors (Lipinski definition) is 0. The molecular weight excluding hydrogens is 266 g/mol. The summed E-state index contributed by atoms with van der Waals surface area (Å²) in [5.74, 6) is -1.24. The molecule has 1 rings (SSSR count). The molecule has 0 radical (unpaired) electrons. The van der Waals surface area contributed by atoms with Crippen molar-refractivity contribution in [1.82, 2.24) is 0 Å². The van der Waals surface area contributed by atoms with E-state index in [0.717, 1.165) is 6.07 Å². The molecule has 0 saturated heterocycles. The third kappa shape index (κ3) is 3.40. The summed E-state index contributed by atoms with van der Waals surface area (Å²) in [7, 11) is -4.55. The van der Waals surface area contributed by atoms with E-state index in [9.17, 15) is 16.7 Å². The van der Waals surface area contributed by atoms with Crippen LogP contribution in [0.15, 0.2) is 22.7 Å². The smallest absolute Gasteiger partial charge is 0.206 e. The van der Waals surface area contributed by atoms with Crippen molar-refractivity contribution in [3.63, 3.8) is 0 Å². The van der Waals surface area contributed by atoms with Gasteiger partial charge in [0.15, 0.2) is 0 Å². The summed E-state index contributed by atoms with van der Waals surface area (Å²) in [5.41, 5.74) is 0.204. The van der Waals surface area contributed by atoms with Crippen LogP contribution in [0.4, 0.5) is 8.28 Å². The first-order valence-corrected chi connectivity index (χ1v) is 5.59. The molecule has 13 heavy (non-hydrogen) atoms. The van der Waals surface area contributed by atoms with Crippen LogP contribution in [0.1, 0.15) is 5.56 Å². The fourth-order valence-corrected chi connectivity index (χ4v) is 1.83. The highest BCUT2D eigenvalue weighted by Gasteiger charge is 2.10. The molecule has 0 heterocycles. The van der Waals surface area contributed by atoms with Crippen LogP contribution in [0.5, 0.6) is 0 Å². The van der Waals surface area contributed by atoms with Gasteiger partial charge in [0.2, 0.25) is 0 Å². The zero-order valence-corrected chi connectivity index (χ0v) is 8.70. The fraction of sp³-hybridized carbons (Fsp3) is 0.143. The topological polar surface area (TPSA) is 34.1 Å². The number of benzene rings is 1. The molecule has 1 aromatic rings. The lowest BCUT2D eigenvalue weighted by molar-refractivity contribution is 0.551. The van der Waals surface area contributed by atoms with Crippen molar-refractivity contribution in [3.05, 3.63) is 34.1 Å². The lowest BCUT2D eigenvalue weighted by Gasteiger charge is -1.98. The summed E-state index contributed by atoms with van der Waals surface area (Å²) in [6, 6.07) is 3.52. The van der Waals surface area contributed by atoms with E-state index in [0.29, 0.717) is 0 Å². The zero-order valence-electron chi connectivity index (χ0n) is 6.30. The maximum atomic E-state index is 12.6. The highest BCUT2D eigenvalue weighted by atomic mass is 79.9. The molecular formula is C7H5BrF2O2S. The molecule has 0 aliphatic carbocycles. The van der Waals surface area contributed by atoms with E-state index >= 15 is 0 Å². The Hall–Kier alpha value is -0.490. The van der Waals surface area contributed by atoms with E-state index in [2.05, 4.69) is 15.9 Å². The van der Waals surface area contributed by atoms with Crippen LogP contribution >= 0.6 is 15.9 Å². The molecule has 0 saturated carbocycles. The van der Waals surface area contributed by atoms with E-state index in [1.54, 1.807) is 0 Å². The summed E-state index contributed by atoms with van der Waals surface area (Å²) in [5, 5.41) is 0. The Morgan fingerprint density at radius 3 is 2.46 bits per heavy atom. The predicted octanol–water partition coefficient (Wildman–Crippen LogP) is 2.39. The SMILES string of the molecule is O=S(=O)(F)Cc1ccc(F)c(Br)c1. The second-order valence-electron chi connectivity index (χ2n) is 2.43. The van der Waals surface area contributed by atoms with Gasteiger partial charge in [0.25, 0.3) is 0 Å². The fourth-order valence-electron chi connectivity index (χ4n) is 0.828. The minimum Gasteiger partial charge on any atom is -0.206 e. The average molecular weight is 271 g/mol. The molecule has 0 unspecified atom stereocenters. The average Bonchev–Trinajstić information content (AvgIpc) is 1.94. The molecule has 0 fully saturated rings. The van der Waals surface area contributed by atoms with Crippen LogP contribution in [0.3, 0.4) is 0 Å². The van der Waals surface area contributed by atoms with Crippen molar-refractivity contribution >= 4 is 26.2 Å². The highest BCUT2D eigenvalue weighted by Crippen LogP contribution is 2.18. The quantitative estimate of drug-likeness (QED) is 0.774. The minimum absolute atomic E-state index is 0.119. The van der Waals surface area contributed by atoms with Crippen molar-refractivity contribution in [3.8, 4) is 0 Å². The normalized spacial score (nSPS) is 11.6. The molecule has 0 atom stereocenters. The highest BCUT2D eigenvalue weighted by molar-refractivity contribution is 9.10. The third-order valence-electron chi connectivity index (χ3n) is 1.32. The second-order valence-corrected chi connectivity index (χ2v) is 4.65. The van der Waals surface area contributed by atoms with Crippen molar-refractivity contribution in [2.45, 2.75) is 5.75 Å². The standard InChI is InChI=1S/C7H5BrF2O2S/c8-6-3-5(1-2-7(6)9)4-13(10,11)12/h1-3H,4H2. The maximum absolute atomic E-state index is 12.6. The Bertz CT molecular complexity index is 417. The van der Waals surface area contributed by atoms with Crippen molar-refractivity contribution in [2.24, 2.45) is 0 Å². The summed E-state index contributed by atoms with van der Waals surface area (Å²) >= 11 is 2.86. The molecule has 1 aromatic carbocycles. The van der Waals surface area contributed by atoms with Gasteiger partial charge in [-0.25, -0.2) is 4.39 Å². The second kappa shape index (κ2) is 3.71. The van der Waals surface area contributed by atoms with Crippen molar-refractivity contribution in [2.75, 3.05) is 0 Å². The van der Waals surface area contributed by atoms with E-state index in [1.165, 1.54) is 12.1 Å². The molecule has 0 bridgehead atoms. The Morgan fingerprint density at radius 1 is 1.38 bits per heavy atom. The molecule has 72 valence electrons. The number of hydrogen-bond acceptors (Lipinski definition) is 2. The lowest BCUT2D eigenvalue weighted by atomic mass is 10.2. The van der Waals surface area contributed by atoms with Crippen LogP contribution in [-0.4, -0.2) is 8.42 Å². The van der Waals surface area contributed by atoms with E-state index in [1.807, 2.05) is 0 Å². The first kappa shape index (κ1) is 10.6. The summed E-state index contributed by atoms with van der Waals surface area (Å²) in [4.78, 5) is 0. The van der Waals surface area contributed by atoms with E-state index < -0.39 is 21.8 Å². The largest absolute Gasteiger partial charge is 0.306 e. The van der Waals surface area contributed by atoms with E-state index in [4.69, 9.17) is 0 Å². The van der Waals surface area contributed by atoms with Gasteiger partial charge in [0.05, 0.1) is 4.47 Å². The predicted molar refractivity (Wildman–Crippen MR) is 47.8 cm³/mol. The number of rotatable bonds is 2. The zero-order chi connectivity index (χ0) is 10.1. The van der Waals surface area contributed by atoms with Crippen LogP contribution in [0, 0.1) is 5.82 Å². The van der Waals surface area contributed by atoms with Crippen LogP contribution in [0.25, 0.3) is 0 Å². The molecule has 0 aromatic heterocycles. The maximum Gasteiger partial charge on any atom is 0.306 e. The Balaban J connectivity index is 2.99. The minimum atomic E-state index is -4.55. The molecule has 0 N–H and O–H groups in total. The number of halogens is 3. The molecule has 0 amide bonds. The third-order valence-corrected chi connectivity index (χ3v) is 2.61. The van der Waals surface area contributed by atoms with Crippen molar-refractivity contribution < 1.29 is 16.7 Å². The van der Waals surface area contributed by atoms with Gasteiger partial charge < -0.3 is 0 Å². The molecule has 2 nitrogen and oxygen atoms in total. The summed E-state index contributed by atoms with van der Waals surface area (Å²) < 4.78 is 45.4. The van der Waals surface area contributed by atoms with Gasteiger partial charge in [-0.05, 0) is 33.6 Å². The van der Waals surface area contributed by atoms with Crippen LogP contribution in [0.2, 0.25) is 0 Å². The van der Waals surface area contributed by atoms with Gasteiger partial charge in [0.1, 0.15) is 11.6 Å². The Kier molecular flexibility index (Phi) is 3.02. The van der Waals surface area contributed by atoms with Gasteiger partial charge >= 0.3 is 10.2 Å². The summed E-state index contributed by atoms with van der Waals surface area (Å²) in [6.07, 6.45) is 0. The lowest BCUT2D eigenvalue weighted by Crippen LogP contribution is -1.96. The van der Waals surface area contributed by atoms with Gasteiger partial charge in [0, 0.05) is 0 Å². The van der Waals surface area contributed by atoms with E-state index in [-0.39, 0.29) is 10.0 Å². The molecule has 0 aliphatic heterocycles. The van der Waals surface area contributed by atoms with Gasteiger partial charge in [-0.1, -0.05) is 6.07 Å². The Morgan fingerprint density at radius 2 is 2.00 bits per heavy atom. The van der Waals surface area contributed by atoms with Gasteiger partial charge in [-0.3, -0.25) is 0 Å². The first-order valence-electron chi connectivity index (χ1n) is 3.25. The van der Waals surface area contributed by atoms with Crippen molar-refractivity contribution in [1.29, 1.82) is 0 Å². The molecule has 6 heteroatoms. The van der Waals surface area contributed by atoms with Crippen LogP contribution in [-0.2, 0) is 16.0 Å². The Labute approximate surface area is 82.9 Å². The monoisotopic (exact) mass is 270 g/mol. The van der Waals surface area contributed by atoms with Gasteiger partial charge in [-0.2, -0.15) is 8.42 Å². The molecule has 0 aliphatic rings. The van der Waals surface area contributed by atoms with Gasteiger partial charge in [-0.15, -0.1) is 3.89 Å². The summed E-state index contributed by atoms with van der Waals surface area (Å²) in [6.45, 7) is 0.